The summed E-state index contributed by atoms with van der Waals surface area (Å²) in [6, 6.07) is 11.0. The molecule has 5 nitrogen and oxygen atoms in total. The van der Waals surface area contributed by atoms with Crippen LogP contribution < -0.4 is 0 Å². The summed E-state index contributed by atoms with van der Waals surface area (Å²) in [5.41, 5.74) is 1.33. The molecule has 0 saturated carbocycles. The molecule has 0 aromatic heterocycles. The van der Waals surface area contributed by atoms with Crippen LogP contribution in [0.4, 0.5) is 0 Å². The zero-order valence-corrected chi connectivity index (χ0v) is 13.4. The molecule has 0 unspecified atom stereocenters. The number of aliphatic hydroxyl groups is 1. The lowest BCUT2D eigenvalue weighted by molar-refractivity contribution is -0.103. The molecule has 0 amide bonds. The van der Waals surface area contributed by atoms with Crippen molar-refractivity contribution in [2.75, 3.05) is 53.0 Å². The van der Waals surface area contributed by atoms with Crippen LogP contribution in [0.15, 0.2) is 30.3 Å². The maximum Gasteiger partial charge on any atom is 0.0679 e. The van der Waals surface area contributed by atoms with E-state index in [0.29, 0.717) is 6.04 Å². The van der Waals surface area contributed by atoms with Crippen molar-refractivity contribution in [3.63, 3.8) is 0 Å². The van der Waals surface area contributed by atoms with Crippen LogP contribution in [0, 0.1) is 0 Å². The number of hydrogen-bond acceptors (Lipinski definition) is 5. The second-order valence-electron chi connectivity index (χ2n) is 6.27. The Balaban J connectivity index is 1.73. The van der Waals surface area contributed by atoms with E-state index in [2.05, 4.69) is 52.3 Å². The Morgan fingerprint density at radius 2 is 1.95 bits per heavy atom. The van der Waals surface area contributed by atoms with E-state index >= 15 is 0 Å². The van der Waals surface area contributed by atoms with Crippen LogP contribution in [0.3, 0.4) is 0 Å². The first kappa shape index (κ1) is 15.9. The lowest BCUT2D eigenvalue weighted by atomic mass is 10.1. The molecule has 2 saturated heterocycles. The van der Waals surface area contributed by atoms with E-state index in [-0.39, 0.29) is 6.10 Å². The molecule has 2 fully saturated rings. The van der Waals surface area contributed by atoms with Gasteiger partial charge in [-0.1, -0.05) is 30.3 Å². The number of likely N-dealkylation sites (tertiary alicyclic amines) is 1. The number of hydrazine groups is 1. The fraction of sp³-hybridized carbons (Fsp3) is 0.647. The van der Waals surface area contributed by atoms with Crippen molar-refractivity contribution >= 4 is 0 Å². The van der Waals surface area contributed by atoms with Gasteiger partial charge in [0.05, 0.1) is 25.4 Å². The normalized spacial score (nSPS) is 25.7. The highest BCUT2D eigenvalue weighted by molar-refractivity contribution is 5.19. The molecule has 2 heterocycles. The quantitative estimate of drug-likeness (QED) is 0.878. The number of aliphatic hydroxyl groups excluding tert-OH is 1. The average Bonchev–Trinajstić information content (AvgIpc) is 2.99. The molecular weight excluding hydrogens is 278 g/mol. The minimum absolute atomic E-state index is 0.162. The van der Waals surface area contributed by atoms with E-state index in [9.17, 15) is 5.11 Å². The zero-order valence-electron chi connectivity index (χ0n) is 13.4. The topological polar surface area (TPSA) is 39.2 Å². The molecule has 0 aliphatic carbocycles. The van der Waals surface area contributed by atoms with Gasteiger partial charge in [-0.25, -0.2) is 10.0 Å². The van der Waals surface area contributed by atoms with Crippen LogP contribution in [0.2, 0.25) is 0 Å². The maximum absolute atomic E-state index is 9.79. The fourth-order valence-corrected chi connectivity index (χ4v) is 3.40. The van der Waals surface area contributed by atoms with Gasteiger partial charge in [0.1, 0.15) is 0 Å². The van der Waals surface area contributed by atoms with E-state index in [1.165, 1.54) is 5.56 Å². The van der Waals surface area contributed by atoms with Crippen molar-refractivity contribution in [1.29, 1.82) is 0 Å². The summed E-state index contributed by atoms with van der Waals surface area (Å²) in [6.45, 7) is 6.23. The highest BCUT2D eigenvalue weighted by atomic mass is 16.5. The van der Waals surface area contributed by atoms with Crippen molar-refractivity contribution in [1.82, 2.24) is 14.9 Å². The van der Waals surface area contributed by atoms with Gasteiger partial charge in [-0.3, -0.25) is 4.90 Å². The van der Waals surface area contributed by atoms with Gasteiger partial charge in [-0.2, -0.15) is 0 Å². The number of morpholine rings is 1. The Morgan fingerprint density at radius 3 is 2.59 bits per heavy atom. The van der Waals surface area contributed by atoms with Crippen LogP contribution in [0.5, 0.6) is 0 Å². The number of β-amino-alcohol motifs (C(OH)–C–C–N with tert-alkyl or cyclic N) is 1. The van der Waals surface area contributed by atoms with Gasteiger partial charge in [0.2, 0.25) is 0 Å². The first-order chi connectivity index (χ1) is 10.7. The molecular formula is C17H27N3O2. The first-order valence-corrected chi connectivity index (χ1v) is 8.25. The zero-order chi connectivity index (χ0) is 15.4. The number of likely N-dealkylation sites (N-methyl/N-ethyl adjacent to an activating group) is 1. The van der Waals surface area contributed by atoms with Crippen molar-refractivity contribution < 1.29 is 9.84 Å². The molecule has 0 radical (unpaired) electrons. The van der Waals surface area contributed by atoms with Crippen LogP contribution in [-0.2, 0) is 4.74 Å². The number of hydrogen-bond donors (Lipinski definition) is 1. The van der Waals surface area contributed by atoms with Gasteiger partial charge in [0.25, 0.3) is 0 Å². The monoisotopic (exact) mass is 305 g/mol. The second kappa shape index (κ2) is 7.53. The van der Waals surface area contributed by atoms with Gasteiger partial charge in [0.15, 0.2) is 0 Å². The Bertz CT molecular complexity index is 450. The minimum atomic E-state index is -0.162. The van der Waals surface area contributed by atoms with Crippen molar-refractivity contribution in [3.8, 4) is 0 Å². The Morgan fingerprint density at radius 1 is 1.23 bits per heavy atom. The van der Waals surface area contributed by atoms with E-state index in [1.807, 2.05) is 0 Å². The van der Waals surface area contributed by atoms with Crippen LogP contribution in [-0.4, -0.2) is 79.1 Å². The van der Waals surface area contributed by atoms with E-state index in [0.717, 1.165) is 52.4 Å². The van der Waals surface area contributed by atoms with Crippen LogP contribution in [0.1, 0.15) is 18.0 Å². The Kier molecular flexibility index (Phi) is 5.44. The Labute approximate surface area is 133 Å². The Hall–Kier alpha value is -0.980. The smallest absolute Gasteiger partial charge is 0.0679 e. The lowest BCUT2D eigenvalue weighted by Gasteiger charge is -2.41. The summed E-state index contributed by atoms with van der Waals surface area (Å²) in [5.74, 6) is 0. The summed E-state index contributed by atoms with van der Waals surface area (Å²) in [7, 11) is 2.18. The molecule has 1 aromatic rings. The second-order valence-corrected chi connectivity index (χ2v) is 6.27. The highest BCUT2D eigenvalue weighted by Crippen LogP contribution is 2.24. The predicted octanol–water partition coefficient (Wildman–Crippen LogP) is 0.973. The molecule has 2 aliphatic rings. The predicted molar refractivity (Wildman–Crippen MR) is 86.4 cm³/mol. The molecule has 3 rings (SSSR count). The molecule has 22 heavy (non-hydrogen) atoms. The maximum atomic E-state index is 9.79. The molecule has 1 N–H and O–H groups in total. The standard InChI is InChI=1S/C17H27N3O2/c1-18(20-9-11-22-12-10-20)17(15-5-3-2-4-6-15)14-19-8-7-16(21)13-19/h2-6,16-17,21H,7-14H2,1H3/t16-,17+/m0/s1. The third-order valence-corrected chi connectivity index (χ3v) is 4.75. The number of rotatable bonds is 5. The summed E-state index contributed by atoms with van der Waals surface area (Å²) >= 11 is 0. The van der Waals surface area contributed by atoms with Gasteiger partial charge < -0.3 is 9.84 Å². The van der Waals surface area contributed by atoms with Crippen molar-refractivity contribution in [2.45, 2.75) is 18.6 Å². The first-order valence-electron chi connectivity index (χ1n) is 8.25. The van der Waals surface area contributed by atoms with Gasteiger partial charge in [0, 0.05) is 39.8 Å². The SMILES string of the molecule is CN([C@H](CN1CC[C@H](O)C1)c1ccccc1)N1CCOCC1. The summed E-state index contributed by atoms with van der Waals surface area (Å²) in [6.07, 6.45) is 0.730. The van der Waals surface area contributed by atoms with E-state index in [1.54, 1.807) is 0 Å². The molecule has 2 aliphatic heterocycles. The lowest BCUT2D eigenvalue weighted by Crippen LogP contribution is -2.50. The van der Waals surface area contributed by atoms with E-state index in [4.69, 9.17) is 4.74 Å². The largest absolute Gasteiger partial charge is 0.392 e. The third kappa shape index (κ3) is 3.86. The summed E-state index contributed by atoms with van der Waals surface area (Å²) in [4.78, 5) is 2.37. The average molecular weight is 305 g/mol. The number of benzene rings is 1. The van der Waals surface area contributed by atoms with Crippen LogP contribution >= 0.6 is 0 Å². The third-order valence-electron chi connectivity index (χ3n) is 4.75. The molecule has 0 spiro atoms. The summed E-state index contributed by atoms with van der Waals surface area (Å²) in [5, 5.41) is 14.5. The van der Waals surface area contributed by atoms with Gasteiger partial charge in [-0.15, -0.1) is 0 Å². The van der Waals surface area contributed by atoms with Crippen molar-refractivity contribution in [2.24, 2.45) is 0 Å². The minimum Gasteiger partial charge on any atom is -0.392 e. The van der Waals surface area contributed by atoms with Gasteiger partial charge in [-0.05, 0) is 12.0 Å². The number of nitrogens with zero attached hydrogens (tertiary/aromatic N) is 3. The van der Waals surface area contributed by atoms with Gasteiger partial charge >= 0.3 is 0 Å². The molecule has 0 bridgehead atoms. The fourth-order valence-electron chi connectivity index (χ4n) is 3.40. The highest BCUT2D eigenvalue weighted by Gasteiger charge is 2.28. The molecule has 1 aromatic carbocycles. The molecule has 5 heteroatoms. The number of ether oxygens (including phenoxy) is 1. The molecule has 2 atom stereocenters. The van der Waals surface area contributed by atoms with E-state index < -0.39 is 0 Å². The van der Waals surface area contributed by atoms with Crippen LogP contribution in [0.25, 0.3) is 0 Å². The molecule has 122 valence electrons. The summed E-state index contributed by atoms with van der Waals surface area (Å²) < 4.78 is 5.47. The van der Waals surface area contributed by atoms with Crippen molar-refractivity contribution in [3.05, 3.63) is 35.9 Å².